The molecule has 2 rings (SSSR count). The highest BCUT2D eigenvalue weighted by atomic mass is 15.3. The zero-order valence-electron chi connectivity index (χ0n) is 13.8. The first-order chi connectivity index (χ1) is 10.1. The molecule has 0 aliphatic carbocycles. The van der Waals surface area contributed by atoms with Gasteiger partial charge in [-0.2, -0.15) is 0 Å². The fourth-order valence-corrected chi connectivity index (χ4v) is 2.88. The van der Waals surface area contributed by atoms with Crippen LogP contribution in [0.5, 0.6) is 0 Å². The Morgan fingerprint density at radius 2 is 1.86 bits per heavy atom. The number of nitrogens with one attached hydrogen (secondary N) is 1. The van der Waals surface area contributed by atoms with Crippen LogP contribution in [0.1, 0.15) is 32.5 Å². The Balaban J connectivity index is 1.88. The predicted molar refractivity (Wildman–Crippen MR) is 86.1 cm³/mol. The quantitative estimate of drug-likeness (QED) is 0.858. The van der Waals surface area contributed by atoms with Crippen LogP contribution in [0.25, 0.3) is 0 Å². The smallest absolute Gasteiger partial charge is 0.0753 e. The maximum absolute atomic E-state index is 4.38. The second-order valence-electron chi connectivity index (χ2n) is 6.41. The van der Waals surface area contributed by atoms with Crippen LogP contribution in [0.4, 0.5) is 0 Å². The van der Waals surface area contributed by atoms with Gasteiger partial charge in [0.1, 0.15) is 0 Å². The second-order valence-corrected chi connectivity index (χ2v) is 6.41. The van der Waals surface area contributed by atoms with Crippen molar-refractivity contribution in [3.63, 3.8) is 0 Å². The van der Waals surface area contributed by atoms with Crippen molar-refractivity contribution in [1.82, 2.24) is 25.1 Å². The number of hydrogen-bond donors (Lipinski definition) is 1. The molecule has 118 valence electrons. The molecule has 2 unspecified atom stereocenters. The fourth-order valence-electron chi connectivity index (χ4n) is 2.88. The molecule has 1 saturated heterocycles. The first-order valence-corrected chi connectivity index (χ1v) is 8.00. The second kappa shape index (κ2) is 7.82. The van der Waals surface area contributed by atoms with E-state index in [2.05, 4.69) is 52.9 Å². The minimum atomic E-state index is 0.243. The number of piperazine rings is 1. The molecule has 0 bridgehead atoms. The van der Waals surface area contributed by atoms with E-state index in [0.29, 0.717) is 12.0 Å². The molecular formula is C16H29N5. The van der Waals surface area contributed by atoms with Crippen LogP contribution >= 0.6 is 0 Å². The van der Waals surface area contributed by atoms with Gasteiger partial charge in [0, 0.05) is 63.4 Å². The lowest BCUT2D eigenvalue weighted by Gasteiger charge is -2.40. The molecule has 1 aromatic heterocycles. The van der Waals surface area contributed by atoms with Crippen LogP contribution in [0.3, 0.4) is 0 Å². The van der Waals surface area contributed by atoms with Gasteiger partial charge in [0.15, 0.2) is 0 Å². The Morgan fingerprint density at radius 3 is 2.43 bits per heavy atom. The van der Waals surface area contributed by atoms with Gasteiger partial charge in [-0.3, -0.25) is 14.9 Å². The fraction of sp³-hybridized carbons (Fsp3) is 0.750. The molecular weight excluding hydrogens is 262 g/mol. The molecule has 0 spiro atoms. The lowest BCUT2D eigenvalue weighted by atomic mass is 10.0. The molecule has 1 aliphatic heterocycles. The zero-order valence-corrected chi connectivity index (χ0v) is 13.8. The summed E-state index contributed by atoms with van der Waals surface area (Å²) in [6, 6.07) is 0.824. The van der Waals surface area contributed by atoms with Crippen molar-refractivity contribution < 1.29 is 0 Å². The van der Waals surface area contributed by atoms with Gasteiger partial charge in [-0.15, -0.1) is 0 Å². The highest BCUT2D eigenvalue weighted by Gasteiger charge is 2.25. The number of nitrogens with zero attached hydrogens (tertiary/aromatic N) is 4. The van der Waals surface area contributed by atoms with Gasteiger partial charge in [-0.25, -0.2) is 0 Å². The molecule has 0 saturated carbocycles. The van der Waals surface area contributed by atoms with E-state index >= 15 is 0 Å². The summed E-state index contributed by atoms with van der Waals surface area (Å²) >= 11 is 0. The van der Waals surface area contributed by atoms with Gasteiger partial charge < -0.3 is 10.2 Å². The summed E-state index contributed by atoms with van der Waals surface area (Å²) in [7, 11) is 2.20. The summed E-state index contributed by atoms with van der Waals surface area (Å²) in [4.78, 5) is 13.6. The molecule has 0 radical (unpaired) electrons. The molecule has 2 atom stereocenters. The normalized spacial score (nSPS) is 20.6. The molecule has 1 aromatic rings. The van der Waals surface area contributed by atoms with E-state index in [1.807, 2.05) is 6.20 Å². The van der Waals surface area contributed by atoms with Crippen LogP contribution in [-0.4, -0.2) is 65.6 Å². The number of hydrogen-bond acceptors (Lipinski definition) is 5. The van der Waals surface area contributed by atoms with Gasteiger partial charge in [0.05, 0.1) is 5.69 Å². The van der Waals surface area contributed by atoms with E-state index < -0.39 is 0 Å². The standard InChI is InChI=1S/C16H29N5/c1-13(2)16(21-9-7-20(4)8-10-21)12-19-14(3)15-11-17-5-6-18-15/h5-6,11,13-14,16,19H,7-10,12H2,1-4H3. The van der Waals surface area contributed by atoms with Gasteiger partial charge in [0.2, 0.25) is 0 Å². The molecule has 5 nitrogen and oxygen atoms in total. The first kappa shape index (κ1) is 16.3. The Labute approximate surface area is 128 Å². The maximum atomic E-state index is 4.38. The van der Waals surface area contributed by atoms with Crippen LogP contribution in [-0.2, 0) is 0 Å². The van der Waals surface area contributed by atoms with E-state index in [1.165, 1.54) is 26.2 Å². The third-order valence-corrected chi connectivity index (χ3v) is 4.44. The van der Waals surface area contributed by atoms with Crippen molar-refractivity contribution in [2.75, 3.05) is 39.8 Å². The van der Waals surface area contributed by atoms with Crippen LogP contribution in [0.15, 0.2) is 18.6 Å². The summed E-state index contributed by atoms with van der Waals surface area (Å²) in [5.74, 6) is 0.648. The summed E-state index contributed by atoms with van der Waals surface area (Å²) in [6.45, 7) is 12.5. The minimum absolute atomic E-state index is 0.243. The monoisotopic (exact) mass is 291 g/mol. The minimum Gasteiger partial charge on any atom is -0.307 e. The lowest BCUT2D eigenvalue weighted by Crippen LogP contribution is -2.53. The third-order valence-electron chi connectivity index (χ3n) is 4.44. The van der Waals surface area contributed by atoms with E-state index in [-0.39, 0.29) is 6.04 Å². The molecule has 1 aliphatic rings. The number of likely N-dealkylation sites (N-methyl/N-ethyl adjacent to an activating group) is 1. The molecule has 1 fully saturated rings. The van der Waals surface area contributed by atoms with Crippen molar-refractivity contribution >= 4 is 0 Å². The summed E-state index contributed by atoms with van der Waals surface area (Å²) < 4.78 is 0. The summed E-state index contributed by atoms with van der Waals surface area (Å²) in [5, 5.41) is 3.63. The first-order valence-electron chi connectivity index (χ1n) is 8.00. The Hall–Kier alpha value is -1.04. The van der Waals surface area contributed by atoms with Crippen molar-refractivity contribution in [2.45, 2.75) is 32.9 Å². The largest absolute Gasteiger partial charge is 0.307 e. The molecule has 0 amide bonds. The average molecular weight is 291 g/mol. The van der Waals surface area contributed by atoms with Crippen LogP contribution in [0.2, 0.25) is 0 Å². The summed E-state index contributed by atoms with van der Waals surface area (Å²) in [6.07, 6.45) is 5.32. The van der Waals surface area contributed by atoms with E-state index in [4.69, 9.17) is 0 Å². The van der Waals surface area contributed by atoms with Gasteiger partial charge in [-0.05, 0) is 19.9 Å². The van der Waals surface area contributed by atoms with E-state index in [1.54, 1.807) is 12.4 Å². The molecule has 21 heavy (non-hydrogen) atoms. The highest BCUT2D eigenvalue weighted by molar-refractivity contribution is 5.00. The third kappa shape index (κ3) is 4.73. The zero-order chi connectivity index (χ0) is 15.2. The van der Waals surface area contributed by atoms with E-state index in [9.17, 15) is 0 Å². The maximum Gasteiger partial charge on any atom is 0.0753 e. The van der Waals surface area contributed by atoms with Crippen molar-refractivity contribution in [2.24, 2.45) is 5.92 Å². The summed E-state index contributed by atoms with van der Waals surface area (Å²) in [5.41, 5.74) is 1.01. The molecule has 2 heterocycles. The van der Waals surface area contributed by atoms with Crippen LogP contribution in [0, 0.1) is 5.92 Å². The lowest BCUT2D eigenvalue weighted by molar-refractivity contribution is 0.0862. The van der Waals surface area contributed by atoms with Gasteiger partial charge in [0.25, 0.3) is 0 Å². The Morgan fingerprint density at radius 1 is 1.14 bits per heavy atom. The Kier molecular flexibility index (Phi) is 6.08. The van der Waals surface area contributed by atoms with Crippen molar-refractivity contribution in [3.8, 4) is 0 Å². The topological polar surface area (TPSA) is 44.3 Å². The van der Waals surface area contributed by atoms with Gasteiger partial charge >= 0.3 is 0 Å². The molecule has 0 aromatic carbocycles. The molecule has 1 N–H and O–H groups in total. The SMILES string of the molecule is CC(NCC(C(C)C)N1CCN(C)CC1)c1cnccn1. The van der Waals surface area contributed by atoms with Crippen molar-refractivity contribution in [3.05, 3.63) is 24.3 Å². The van der Waals surface area contributed by atoms with Crippen molar-refractivity contribution in [1.29, 1.82) is 0 Å². The van der Waals surface area contributed by atoms with Gasteiger partial charge in [-0.1, -0.05) is 13.8 Å². The van der Waals surface area contributed by atoms with E-state index in [0.717, 1.165) is 12.2 Å². The Bertz CT molecular complexity index is 400. The van der Waals surface area contributed by atoms with Crippen LogP contribution < -0.4 is 5.32 Å². The number of rotatable bonds is 6. The molecule has 5 heteroatoms. The highest BCUT2D eigenvalue weighted by Crippen LogP contribution is 2.15. The number of aromatic nitrogens is 2. The average Bonchev–Trinajstić information content (AvgIpc) is 2.49. The predicted octanol–water partition coefficient (Wildman–Crippen LogP) is 1.40.